The van der Waals surface area contributed by atoms with E-state index in [1.807, 2.05) is 0 Å². The Bertz CT molecular complexity index is 381. The molecule has 0 aromatic rings. The van der Waals surface area contributed by atoms with Gasteiger partial charge in [0.15, 0.2) is 0 Å². The van der Waals surface area contributed by atoms with Gasteiger partial charge in [0.2, 0.25) is 0 Å². The third-order valence-electron chi connectivity index (χ3n) is 7.64. The van der Waals surface area contributed by atoms with Crippen LogP contribution in [0.3, 0.4) is 0 Å². The average molecular weight is 380 g/mol. The molecule has 1 fully saturated rings. The lowest BCUT2D eigenvalue weighted by molar-refractivity contribution is 0.235. The standard InChI is InChI=1S/C25H49NO/c1-5-24(4)19-15-11-9-7-6-8-10-12-17-21-25(26-27,23(2)3)22-18-14-13-16-20-24/h23H,5-22H2,1-4H3. The van der Waals surface area contributed by atoms with Gasteiger partial charge in [0.05, 0.1) is 0 Å². The van der Waals surface area contributed by atoms with Crippen LogP contribution >= 0.6 is 0 Å². The molecule has 27 heavy (non-hydrogen) atoms. The molecule has 0 N–H and O–H groups in total. The van der Waals surface area contributed by atoms with Crippen molar-refractivity contribution in [3.8, 4) is 0 Å². The number of hydrogen-bond donors (Lipinski definition) is 0. The van der Waals surface area contributed by atoms with Crippen molar-refractivity contribution in [2.24, 2.45) is 16.5 Å². The molecule has 0 saturated heterocycles. The Morgan fingerprint density at radius 2 is 1.00 bits per heavy atom. The van der Waals surface area contributed by atoms with E-state index in [9.17, 15) is 4.91 Å². The maximum atomic E-state index is 11.8. The molecule has 0 aromatic carbocycles. The fraction of sp³-hybridized carbons (Fsp3) is 1.00. The topological polar surface area (TPSA) is 29.4 Å². The van der Waals surface area contributed by atoms with Crippen molar-refractivity contribution in [3.05, 3.63) is 4.91 Å². The lowest BCUT2D eigenvalue weighted by Crippen LogP contribution is -2.32. The summed E-state index contributed by atoms with van der Waals surface area (Å²) in [7, 11) is 0. The highest BCUT2D eigenvalue weighted by atomic mass is 16.3. The highest BCUT2D eigenvalue weighted by Crippen LogP contribution is 2.36. The van der Waals surface area contributed by atoms with Gasteiger partial charge in [-0.05, 0) is 37.0 Å². The van der Waals surface area contributed by atoms with Crippen LogP contribution in [0.2, 0.25) is 0 Å². The molecule has 1 saturated carbocycles. The van der Waals surface area contributed by atoms with Crippen LogP contribution in [0.4, 0.5) is 0 Å². The Hall–Kier alpha value is -0.400. The molecule has 0 spiro atoms. The third kappa shape index (κ3) is 9.57. The van der Waals surface area contributed by atoms with E-state index in [0.717, 1.165) is 12.8 Å². The molecule has 2 heteroatoms. The Morgan fingerprint density at radius 3 is 1.30 bits per heavy atom. The van der Waals surface area contributed by atoms with Crippen LogP contribution in [-0.4, -0.2) is 5.54 Å². The van der Waals surface area contributed by atoms with E-state index in [4.69, 9.17) is 0 Å². The zero-order chi connectivity index (χ0) is 20.0. The van der Waals surface area contributed by atoms with E-state index in [0.29, 0.717) is 11.3 Å². The van der Waals surface area contributed by atoms with E-state index >= 15 is 0 Å². The van der Waals surface area contributed by atoms with Crippen LogP contribution in [0.25, 0.3) is 0 Å². The van der Waals surface area contributed by atoms with Crippen molar-refractivity contribution >= 4 is 0 Å². The van der Waals surface area contributed by atoms with Crippen LogP contribution in [0.1, 0.15) is 143 Å². The average Bonchev–Trinajstić information content (AvgIpc) is 2.66. The van der Waals surface area contributed by atoms with Gasteiger partial charge >= 0.3 is 0 Å². The molecule has 1 aliphatic rings. The van der Waals surface area contributed by atoms with E-state index < -0.39 is 0 Å². The molecular weight excluding hydrogens is 330 g/mol. The van der Waals surface area contributed by atoms with Crippen LogP contribution in [0, 0.1) is 16.2 Å². The zero-order valence-corrected chi connectivity index (χ0v) is 19.2. The summed E-state index contributed by atoms with van der Waals surface area (Å²) in [5.74, 6) is 0.368. The van der Waals surface area contributed by atoms with Gasteiger partial charge in [-0.1, -0.05) is 123 Å². The second-order valence-electron chi connectivity index (χ2n) is 10.1. The fourth-order valence-electron chi connectivity index (χ4n) is 4.93. The van der Waals surface area contributed by atoms with E-state index in [2.05, 4.69) is 32.9 Å². The molecular formula is C25H49NO. The fourth-order valence-corrected chi connectivity index (χ4v) is 4.93. The first kappa shape index (κ1) is 24.6. The van der Waals surface area contributed by atoms with Gasteiger partial charge < -0.3 is 0 Å². The molecule has 0 aromatic heterocycles. The zero-order valence-electron chi connectivity index (χ0n) is 19.2. The minimum absolute atomic E-state index is 0.305. The first-order chi connectivity index (χ1) is 13.0. The number of rotatable bonds is 3. The molecule has 0 heterocycles. The molecule has 1 rings (SSSR count). The molecule has 0 aliphatic heterocycles. The molecule has 160 valence electrons. The van der Waals surface area contributed by atoms with Crippen LogP contribution in [-0.2, 0) is 0 Å². The SMILES string of the molecule is CCC1(C)CCCCCCCCCCCC(N=O)(C(C)C)CCCCCC1. The summed E-state index contributed by atoms with van der Waals surface area (Å²) in [6.45, 7) is 9.28. The maximum absolute atomic E-state index is 11.8. The summed E-state index contributed by atoms with van der Waals surface area (Å²) < 4.78 is 0. The highest BCUT2D eigenvalue weighted by molar-refractivity contribution is 4.90. The summed E-state index contributed by atoms with van der Waals surface area (Å²) in [5.41, 5.74) is 0.246. The third-order valence-corrected chi connectivity index (χ3v) is 7.64. The minimum Gasteiger partial charge on any atom is -0.150 e. The molecule has 0 radical (unpaired) electrons. The molecule has 1 aliphatic carbocycles. The van der Waals surface area contributed by atoms with Crippen molar-refractivity contribution in [3.63, 3.8) is 0 Å². The van der Waals surface area contributed by atoms with Crippen molar-refractivity contribution in [2.75, 3.05) is 0 Å². The van der Waals surface area contributed by atoms with Crippen LogP contribution in [0.5, 0.6) is 0 Å². The summed E-state index contributed by atoms with van der Waals surface area (Å²) >= 11 is 0. The van der Waals surface area contributed by atoms with Crippen LogP contribution in [0.15, 0.2) is 5.18 Å². The maximum Gasteiger partial charge on any atom is 0.105 e. The van der Waals surface area contributed by atoms with E-state index in [1.165, 1.54) is 103 Å². The van der Waals surface area contributed by atoms with Gasteiger partial charge in [-0.25, -0.2) is 0 Å². The number of hydrogen-bond acceptors (Lipinski definition) is 2. The Balaban J connectivity index is 2.58. The second kappa shape index (κ2) is 13.7. The van der Waals surface area contributed by atoms with Crippen molar-refractivity contribution in [1.29, 1.82) is 0 Å². The van der Waals surface area contributed by atoms with Gasteiger partial charge in [-0.2, -0.15) is 4.91 Å². The monoisotopic (exact) mass is 379 g/mol. The Morgan fingerprint density at radius 1 is 0.667 bits per heavy atom. The number of nitroso groups, excluding NO2 is 1. The summed E-state index contributed by atoms with van der Waals surface area (Å²) in [6.07, 6.45) is 23.5. The highest BCUT2D eigenvalue weighted by Gasteiger charge is 2.34. The predicted molar refractivity (Wildman–Crippen MR) is 120 cm³/mol. The van der Waals surface area contributed by atoms with E-state index in [-0.39, 0.29) is 5.54 Å². The second-order valence-corrected chi connectivity index (χ2v) is 10.1. The molecule has 2 nitrogen and oxygen atoms in total. The first-order valence-corrected chi connectivity index (χ1v) is 12.3. The largest absolute Gasteiger partial charge is 0.150 e. The Kier molecular flexibility index (Phi) is 12.5. The quantitative estimate of drug-likeness (QED) is 0.449. The van der Waals surface area contributed by atoms with E-state index in [1.54, 1.807) is 0 Å². The number of nitrogens with zero attached hydrogens (tertiary/aromatic N) is 1. The lowest BCUT2D eigenvalue weighted by atomic mass is 9.77. The minimum atomic E-state index is -0.305. The first-order valence-electron chi connectivity index (χ1n) is 12.3. The van der Waals surface area contributed by atoms with Crippen molar-refractivity contribution in [1.82, 2.24) is 0 Å². The molecule has 0 amide bonds. The van der Waals surface area contributed by atoms with Gasteiger partial charge in [0, 0.05) is 0 Å². The normalized spacial score (nSPS) is 31.6. The van der Waals surface area contributed by atoms with Gasteiger partial charge in [-0.3, -0.25) is 0 Å². The van der Waals surface area contributed by atoms with Gasteiger partial charge in [0.25, 0.3) is 0 Å². The lowest BCUT2D eigenvalue weighted by Gasteiger charge is -2.31. The summed E-state index contributed by atoms with van der Waals surface area (Å²) in [4.78, 5) is 11.8. The molecule has 0 bridgehead atoms. The van der Waals surface area contributed by atoms with Gasteiger partial charge in [-0.15, -0.1) is 0 Å². The summed E-state index contributed by atoms with van der Waals surface area (Å²) in [5, 5.41) is 3.71. The predicted octanol–water partition coefficient (Wildman–Crippen LogP) is 9.21. The van der Waals surface area contributed by atoms with Crippen molar-refractivity contribution < 1.29 is 0 Å². The van der Waals surface area contributed by atoms with Crippen molar-refractivity contribution in [2.45, 2.75) is 149 Å². The molecule has 2 unspecified atom stereocenters. The van der Waals surface area contributed by atoms with Gasteiger partial charge in [0.1, 0.15) is 5.54 Å². The molecule has 2 atom stereocenters. The van der Waals surface area contributed by atoms with Crippen LogP contribution < -0.4 is 0 Å². The smallest absolute Gasteiger partial charge is 0.105 e. The Labute approximate surface area is 170 Å². The summed E-state index contributed by atoms with van der Waals surface area (Å²) in [6, 6.07) is 0.